The molecule has 0 fully saturated rings. The fourth-order valence-electron chi connectivity index (χ4n) is 1.72. The Morgan fingerprint density at radius 3 is 2.86 bits per heavy atom. The van der Waals surface area contributed by atoms with Gasteiger partial charge >= 0.3 is 0 Å². The average molecular weight is 207 g/mol. The van der Waals surface area contributed by atoms with Crippen LogP contribution < -0.4 is 5.73 Å². The van der Waals surface area contributed by atoms with Crippen molar-refractivity contribution in [3.63, 3.8) is 0 Å². The van der Waals surface area contributed by atoms with Gasteiger partial charge in [-0.3, -0.25) is 0 Å². The summed E-state index contributed by atoms with van der Waals surface area (Å²) < 4.78 is 1.22. The van der Waals surface area contributed by atoms with Gasteiger partial charge in [0.15, 0.2) is 0 Å². The minimum absolute atomic E-state index is 0.279. The highest BCUT2D eigenvalue weighted by Crippen LogP contribution is 2.34. The van der Waals surface area contributed by atoms with Gasteiger partial charge in [-0.1, -0.05) is 18.2 Å². The molecule has 0 amide bonds. The second-order valence-corrected chi connectivity index (χ2v) is 4.58. The molecule has 0 aliphatic heterocycles. The molecular weight excluding hydrogens is 194 g/mol. The first-order chi connectivity index (χ1) is 6.74. The van der Waals surface area contributed by atoms with Crippen molar-refractivity contribution in [3.8, 4) is 0 Å². The maximum atomic E-state index is 9.78. The second-order valence-electron chi connectivity index (χ2n) is 3.32. The summed E-state index contributed by atoms with van der Waals surface area (Å²) >= 11 is 1.71. The number of aryl methyl sites for hydroxylation is 1. The third kappa shape index (κ3) is 1.43. The van der Waals surface area contributed by atoms with Crippen molar-refractivity contribution in [2.45, 2.75) is 13.0 Å². The molecule has 0 spiro atoms. The van der Waals surface area contributed by atoms with Crippen LogP contribution in [0.4, 0.5) is 0 Å². The zero-order valence-electron chi connectivity index (χ0n) is 8.03. The average Bonchev–Trinajstić information content (AvgIpc) is 2.53. The fourth-order valence-corrected chi connectivity index (χ4v) is 2.84. The standard InChI is InChI=1S/C11H13NOS/c1-7-11(9(13)6-12)8-4-2-3-5-10(8)14-7/h2-5,9,13H,6,12H2,1H3. The summed E-state index contributed by atoms with van der Waals surface area (Å²) in [5, 5.41) is 10.9. The van der Waals surface area contributed by atoms with Crippen LogP contribution >= 0.6 is 11.3 Å². The molecule has 2 rings (SSSR count). The summed E-state index contributed by atoms with van der Waals surface area (Å²) in [7, 11) is 0. The van der Waals surface area contributed by atoms with E-state index in [-0.39, 0.29) is 6.54 Å². The number of rotatable bonds is 2. The molecule has 14 heavy (non-hydrogen) atoms. The number of hydrogen-bond acceptors (Lipinski definition) is 3. The first-order valence-corrected chi connectivity index (χ1v) is 5.42. The van der Waals surface area contributed by atoms with E-state index in [4.69, 9.17) is 5.73 Å². The van der Waals surface area contributed by atoms with E-state index < -0.39 is 6.10 Å². The lowest BCUT2D eigenvalue weighted by molar-refractivity contribution is 0.188. The zero-order valence-corrected chi connectivity index (χ0v) is 8.84. The predicted molar refractivity (Wildman–Crippen MR) is 60.6 cm³/mol. The molecule has 1 unspecified atom stereocenters. The summed E-state index contributed by atoms with van der Waals surface area (Å²) in [6, 6.07) is 8.10. The summed E-state index contributed by atoms with van der Waals surface area (Å²) in [6.07, 6.45) is -0.536. The number of thiophene rings is 1. The van der Waals surface area contributed by atoms with Gasteiger partial charge in [0.1, 0.15) is 0 Å². The second kappa shape index (κ2) is 3.69. The third-order valence-corrected chi connectivity index (χ3v) is 3.48. The molecule has 3 heteroatoms. The lowest BCUT2D eigenvalue weighted by Gasteiger charge is -2.07. The van der Waals surface area contributed by atoms with E-state index in [0.29, 0.717) is 0 Å². The predicted octanol–water partition coefficient (Wildman–Crippen LogP) is 2.20. The van der Waals surface area contributed by atoms with E-state index in [9.17, 15) is 5.11 Å². The third-order valence-electron chi connectivity index (χ3n) is 2.38. The van der Waals surface area contributed by atoms with Gasteiger partial charge in [0, 0.05) is 21.7 Å². The Bertz CT molecular complexity index is 449. The van der Waals surface area contributed by atoms with Crippen LogP contribution in [0.5, 0.6) is 0 Å². The van der Waals surface area contributed by atoms with E-state index >= 15 is 0 Å². The van der Waals surface area contributed by atoms with E-state index in [2.05, 4.69) is 6.07 Å². The molecular formula is C11H13NOS. The molecule has 1 aromatic heterocycles. The van der Waals surface area contributed by atoms with Crippen LogP contribution in [0.25, 0.3) is 10.1 Å². The SMILES string of the molecule is Cc1sc2ccccc2c1C(O)CN. The van der Waals surface area contributed by atoms with Gasteiger partial charge in [0.05, 0.1) is 6.10 Å². The van der Waals surface area contributed by atoms with Gasteiger partial charge in [-0.15, -0.1) is 11.3 Å². The molecule has 3 N–H and O–H groups in total. The van der Waals surface area contributed by atoms with Crippen molar-refractivity contribution in [2.75, 3.05) is 6.54 Å². The first kappa shape index (κ1) is 9.65. The Labute approximate surface area is 87.0 Å². The maximum Gasteiger partial charge on any atom is 0.0928 e. The van der Waals surface area contributed by atoms with E-state index in [0.717, 1.165) is 15.8 Å². The van der Waals surface area contributed by atoms with Crippen LogP contribution in [0.2, 0.25) is 0 Å². The highest BCUT2D eigenvalue weighted by atomic mass is 32.1. The molecule has 0 bridgehead atoms. The summed E-state index contributed by atoms with van der Waals surface area (Å²) in [5.41, 5.74) is 6.47. The maximum absolute atomic E-state index is 9.78. The van der Waals surface area contributed by atoms with Gasteiger partial charge < -0.3 is 10.8 Å². The quantitative estimate of drug-likeness (QED) is 0.793. The summed E-state index contributed by atoms with van der Waals surface area (Å²) in [5.74, 6) is 0. The van der Waals surface area contributed by atoms with Crippen molar-refractivity contribution in [1.29, 1.82) is 0 Å². The molecule has 0 aliphatic carbocycles. The van der Waals surface area contributed by atoms with Crippen molar-refractivity contribution in [2.24, 2.45) is 5.73 Å². The Morgan fingerprint density at radius 1 is 1.43 bits per heavy atom. The molecule has 0 radical (unpaired) electrons. The number of nitrogens with two attached hydrogens (primary N) is 1. The number of aliphatic hydroxyl groups excluding tert-OH is 1. The van der Waals surface area contributed by atoms with Crippen molar-refractivity contribution in [1.82, 2.24) is 0 Å². The van der Waals surface area contributed by atoms with Gasteiger partial charge in [-0.05, 0) is 18.4 Å². The lowest BCUT2D eigenvalue weighted by Crippen LogP contribution is -2.11. The molecule has 0 aliphatic rings. The van der Waals surface area contributed by atoms with Gasteiger partial charge in [0.2, 0.25) is 0 Å². The van der Waals surface area contributed by atoms with Gasteiger partial charge in [-0.2, -0.15) is 0 Å². The van der Waals surface area contributed by atoms with E-state index in [1.165, 1.54) is 4.70 Å². The smallest absolute Gasteiger partial charge is 0.0928 e. The first-order valence-electron chi connectivity index (χ1n) is 4.60. The molecule has 1 atom stereocenters. The highest BCUT2D eigenvalue weighted by molar-refractivity contribution is 7.19. The van der Waals surface area contributed by atoms with Crippen LogP contribution in [0.1, 0.15) is 16.5 Å². The zero-order chi connectivity index (χ0) is 10.1. The normalized spacial score (nSPS) is 13.4. The Morgan fingerprint density at radius 2 is 2.14 bits per heavy atom. The number of hydrogen-bond donors (Lipinski definition) is 2. The molecule has 0 saturated heterocycles. The van der Waals surface area contributed by atoms with Crippen molar-refractivity contribution in [3.05, 3.63) is 34.7 Å². The lowest BCUT2D eigenvalue weighted by atomic mass is 10.1. The number of aliphatic hydroxyl groups is 1. The summed E-state index contributed by atoms with van der Waals surface area (Å²) in [4.78, 5) is 1.16. The Balaban J connectivity index is 2.67. The Hall–Kier alpha value is -0.900. The van der Waals surface area contributed by atoms with E-state index in [1.807, 2.05) is 25.1 Å². The van der Waals surface area contributed by atoms with Crippen LogP contribution in [0, 0.1) is 6.92 Å². The Kier molecular flexibility index (Phi) is 2.54. The van der Waals surface area contributed by atoms with Gasteiger partial charge in [0.25, 0.3) is 0 Å². The van der Waals surface area contributed by atoms with Crippen molar-refractivity contribution < 1.29 is 5.11 Å². The van der Waals surface area contributed by atoms with Gasteiger partial charge in [-0.25, -0.2) is 0 Å². The van der Waals surface area contributed by atoms with Crippen molar-refractivity contribution >= 4 is 21.4 Å². The molecule has 2 nitrogen and oxygen atoms in total. The monoisotopic (exact) mass is 207 g/mol. The molecule has 74 valence electrons. The molecule has 2 aromatic rings. The topological polar surface area (TPSA) is 46.2 Å². The fraction of sp³-hybridized carbons (Fsp3) is 0.273. The minimum atomic E-state index is -0.536. The molecule has 1 heterocycles. The summed E-state index contributed by atoms with van der Waals surface area (Å²) in [6.45, 7) is 2.31. The number of fused-ring (bicyclic) bond motifs is 1. The number of benzene rings is 1. The van der Waals surface area contributed by atoms with Crippen LogP contribution in [-0.4, -0.2) is 11.7 Å². The van der Waals surface area contributed by atoms with Crippen LogP contribution in [0.15, 0.2) is 24.3 Å². The largest absolute Gasteiger partial charge is 0.387 e. The molecule has 1 aromatic carbocycles. The van der Waals surface area contributed by atoms with E-state index in [1.54, 1.807) is 11.3 Å². The highest BCUT2D eigenvalue weighted by Gasteiger charge is 2.14. The minimum Gasteiger partial charge on any atom is -0.387 e. The van der Waals surface area contributed by atoms with Crippen LogP contribution in [-0.2, 0) is 0 Å². The van der Waals surface area contributed by atoms with Crippen LogP contribution in [0.3, 0.4) is 0 Å². The molecule has 0 saturated carbocycles.